The van der Waals surface area contributed by atoms with Crippen LogP contribution < -0.4 is 4.90 Å². The molecule has 0 aromatic carbocycles. The van der Waals surface area contributed by atoms with E-state index in [1.807, 2.05) is 0 Å². The molecule has 1 fully saturated rings. The van der Waals surface area contributed by atoms with Crippen LogP contribution in [0.2, 0.25) is 0 Å². The third-order valence-electron chi connectivity index (χ3n) is 4.36. The molecule has 0 spiro atoms. The molecular formula is C18H27N5S. The van der Waals surface area contributed by atoms with Gasteiger partial charge in [0.2, 0.25) is 0 Å². The van der Waals surface area contributed by atoms with Crippen LogP contribution in [0.5, 0.6) is 0 Å². The Bertz CT molecular complexity index is 674. The fourth-order valence-electron chi connectivity index (χ4n) is 2.94. The molecule has 5 nitrogen and oxygen atoms in total. The smallest absolute Gasteiger partial charge is 0.133 e. The lowest BCUT2D eigenvalue weighted by molar-refractivity contribution is 0.247. The normalized spacial score (nSPS) is 16.1. The third-order valence-corrected chi connectivity index (χ3v) is 5.40. The highest BCUT2D eigenvalue weighted by molar-refractivity contribution is 7.09. The highest BCUT2D eigenvalue weighted by Gasteiger charge is 2.20. The van der Waals surface area contributed by atoms with Gasteiger partial charge in [-0.2, -0.15) is 0 Å². The molecule has 0 amide bonds. The van der Waals surface area contributed by atoms with E-state index in [0.29, 0.717) is 5.92 Å². The summed E-state index contributed by atoms with van der Waals surface area (Å²) >= 11 is 1.78. The zero-order chi connectivity index (χ0) is 17.1. The Balaban J connectivity index is 1.60. The fourth-order valence-corrected chi connectivity index (χ4v) is 3.68. The monoisotopic (exact) mass is 345 g/mol. The topological polar surface area (TPSA) is 45.2 Å². The minimum Gasteiger partial charge on any atom is -0.354 e. The molecule has 2 aromatic rings. The molecule has 1 aliphatic rings. The van der Waals surface area contributed by atoms with Crippen LogP contribution in [0.3, 0.4) is 0 Å². The van der Waals surface area contributed by atoms with Gasteiger partial charge in [0, 0.05) is 55.8 Å². The van der Waals surface area contributed by atoms with Crippen molar-refractivity contribution >= 4 is 17.2 Å². The van der Waals surface area contributed by atoms with E-state index in [1.165, 1.54) is 10.7 Å². The Kier molecular flexibility index (Phi) is 5.46. The Morgan fingerprint density at radius 3 is 2.50 bits per heavy atom. The quantitative estimate of drug-likeness (QED) is 0.832. The van der Waals surface area contributed by atoms with Gasteiger partial charge in [-0.25, -0.2) is 15.0 Å². The number of hydrogen-bond donors (Lipinski definition) is 0. The molecule has 0 saturated carbocycles. The van der Waals surface area contributed by atoms with E-state index in [2.05, 4.69) is 58.9 Å². The number of rotatable bonds is 5. The molecule has 0 bridgehead atoms. The minimum absolute atomic E-state index is 0.363. The number of hydrogen-bond acceptors (Lipinski definition) is 6. The molecule has 3 heterocycles. The van der Waals surface area contributed by atoms with Gasteiger partial charge in [-0.15, -0.1) is 11.3 Å². The predicted octanol–water partition coefficient (Wildman–Crippen LogP) is 3.25. The number of aryl methyl sites for hydroxylation is 2. The van der Waals surface area contributed by atoms with Crippen LogP contribution in [0.25, 0.3) is 0 Å². The number of nitrogens with zero attached hydrogens (tertiary/aromatic N) is 5. The van der Waals surface area contributed by atoms with Crippen molar-refractivity contribution < 1.29 is 0 Å². The second kappa shape index (κ2) is 7.57. The van der Waals surface area contributed by atoms with Gasteiger partial charge in [-0.05, 0) is 13.3 Å². The van der Waals surface area contributed by atoms with E-state index >= 15 is 0 Å². The van der Waals surface area contributed by atoms with Crippen molar-refractivity contribution in [3.05, 3.63) is 33.7 Å². The molecule has 24 heavy (non-hydrogen) atoms. The van der Waals surface area contributed by atoms with Gasteiger partial charge in [-0.3, -0.25) is 4.90 Å². The molecule has 0 N–H and O–H groups in total. The highest BCUT2D eigenvalue weighted by Crippen LogP contribution is 2.19. The van der Waals surface area contributed by atoms with Crippen LogP contribution in [0.15, 0.2) is 11.4 Å². The summed E-state index contributed by atoms with van der Waals surface area (Å²) in [6.07, 6.45) is 1.03. The van der Waals surface area contributed by atoms with Gasteiger partial charge in [0.15, 0.2) is 0 Å². The Labute approximate surface area is 148 Å². The van der Waals surface area contributed by atoms with Crippen LogP contribution >= 0.6 is 11.3 Å². The number of aromatic nitrogens is 3. The summed E-state index contributed by atoms with van der Waals surface area (Å²) in [5, 5.41) is 3.44. The highest BCUT2D eigenvalue weighted by atomic mass is 32.1. The van der Waals surface area contributed by atoms with Crippen LogP contribution in [-0.4, -0.2) is 46.0 Å². The van der Waals surface area contributed by atoms with Gasteiger partial charge >= 0.3 is 0 Å². The van der Waals surface area contributed by atoms with Gasteiger partial charge in [0.1, 0.15) is 11.6 Å². The Hall–Kier alpha value is -1.53. The van der Waals surface area contributed by atoms with Crippen molar-refractivity contribution in [2.45, 2.75) is 46.6 Å². The van der Waals surface area contributed by atoms with Gasteiger partial charge in [0.25, 0.3) is 0 Å². The summed E-state index contributed by atoms with van der Waals surface area (Å²) in [7, 11) is 0. The van der Waals surface area contributed by atoms with E-state index < -0.39 is 0 Å². The molecule has 130 valence electrons. The Morgan fingerprint density at radius 2 is 1.88 bits per heavy atom. The first-order chi connectivity index (χ1) is 11.5. The number of thiazole rings is 1. The first kappa shape index (κ1) is 17.3. The van der Waals surface area contributed by atoms with E-state index in [0.717, 1.165) is 56.5 Å². The van der Waals surface area contributed by atoms with Crippen molar-refractivity contribution in [3.8, 4) is 0 Å². The number of anilines is 1. The lowest BCUT2D eigenvalue weighted by Crippen LogP contribution is -2.46. The largest absolute Gasteiger partial charge is 0.354 e. The molecular weight excluding hydrogens is 318 g/mol. The first-order valence-electron chi connectivity index (χ1n) is 8.81. The SMILES string of the molecule is CCc1nc(CN2CCN(c3cc(C)nc(C(C)C)n3)CC2)cs1. The van der Waals surface area contributed by atoms with Crippen molar-refractivity contribution in [2.75, 3.05) is 31.1 Å². The fraction of sp³-hybridized carbons (Fsp3) is 0.611. The molecule has 0 atom stereocenters. The lowest BCUT2D eigenvalue weighted by atomic mass is 10.2. The summed E-state index contributed by atoms with van der Waals surface area (Å²) in [5.74, 6) is 2.39. The predicted molar refractivity (Wildman–Crippen MR) is 99.8 cm³/mol. The van der Waals surface area contributed by atoms with E-state index in [9.17, 15) is 0 Å². The molecule has 0 unspecified atom stereocenters. The molecule has 0 radical (unpaired) electrons. The van der Waals surface area contributed by atoms with E-state index in [4.69, 9.17) is 4.98 Å². The maximum absolute atomic E-state index is 4.77. The molecule has 3 rings (SSSR count). The second-order valence-electron chi connectivity index (χ2n) is 6.73. The van der Waals surface area contributed by atoms with Crippen LogP contribution in [0.4, 0.5) is 5.82 Å². The van der Waals surface area contributed by atoms with Gasteiger partial charge in [0.05, 0.1) is 10.7 Å². The van der Waals surface area contributed by atoms with Gasteiger partial charge in [-0.1, -0.05) is 20.8 Å². The van der Waals surface area contributed by atoms with Gasteiger partial charge < -0.3 is 4.90 Å². The summed E-state index contributed by atoms with van der Waals surface area (Å²) in [6.45, 7) is 13.6. The van der Waals surface area contributed by atoms with Crippen LogP contribution in [0.1, 0.15) is 48.9 Å². The maximum atomic E-state index is 4.77. The van der Waals surface area contributed by atoms with Crippen molar-refractivity contribution in [1.82, 2.24) is 19.9 Å². The summed E-state index contributed by atoms with van der Waals surface area (Å²) in [4.78, 5) is 18.9. The third kappa shape index (κ3) is 4.11. The Morgan fingerprint density at radius 1 is 1.12 bits per heavy atom. The molecule has 0 aliphatic carbocycles. The first-order valence-corrected chi connectivity index (χ1v) is 9.69. The summed E-state index contributed by atoms with van der Waals surface area (Å²) < 4.78 is 0. The zero-order valence-corrected chi connectivity index (χ0v) is 15.9. The van der Waals surface area contributed by atoms with Crippen molar-refractivity contribution in [3.63, 3.8) is 0 Å². The summed E-state index contributed by atoms with van der Waals surface area (Å²) in [5.41, 5.74) is 2.27. The number of piperazine rings is 1. The average molecular weight is 346 g/mol. The zero-order valence-electron chi connectivity index (χ0n) is 15.1. The van der Waals surface area contributed by atoms with Crippen molar-refractivity contribution in [2.24, 2.45) is 0 Å². The molecule has 6 heteroatoms. The van der Waals surface area contributed by atoms with E-state index in [-0.39, 0.29) is 0 Å². The standard InChI is InChI=1S/C18H27N5S/c1-5-17-20-15(12-24-17)11-22-6-8-23(9-7-22)16-10-14(4)19-18(21-16)13(2)3/h10,12-13H,5-9,11H2,1-4H3. The average Bonchev–Trinajstić information content (AvgIpc) is 3.02. The lowest BCUT2D eigenvalue weighted by Gasteiger charge is -2.35. The van der Waals surface area contributed by atoms with E-state index in [1.54, 1.807) is 11.3 Å². The van der Waals surface area contributed by atoms with Crippen LogP contribution in [-0.2, 0) is 13.0 Å². The minimum atomic E-state index is 0.363. The maximum Gasteiger partial charge on any atom is 0.133 e. The van der Waals surface area contributed by atoms with Crippen LogP contribution in [0, 0.1) is 6.92 Å². The summed E-state index contributed by atoms with van der Waals surface area (Å²) in [6, 6.07) is 2.11. The molecule has 1 aliphatic heterocycles. The second-order valence-corrected chi connectivity index (χ2v) is 7.67. The van der Waals surface area contributed by atoms with Crippen molar-refractivity contribution in [1.29, 1.82) is 0 Å². The molecule has 2 aromatic heterocycles. The molecule has 1 saturated heterocycles.